The van der Waals surface area contributed by atoms with E-state index in [4.69, 9.17) is 9.47 Å². The van der Waals surface area contributed by atoms with Crippen LogP contribution in [0.25, 0.3) is 0 Å². The third-order valence-corrected chi connectivity index (χ3v) is 2.81. The fraction of sp³-hybridized carbons (Fsp3) is 0.538. The second-order valence-corrected chi connectivity index (χ2v) is 4.52. The van der Waals surface area contributed by atoms with E-state index in [1.165, 1.54) is 0 Å². The van der Waals surface area contributed by atoms with Gasteiger partial charge in [-0.1, -0.05) is 0 Å². The van der Waals surface area contributed by atoms with Crippen molar-refractivity contribution in [2.45, 2.75) is 26.4 Å². The molecule has 1 aromatic carbocycles. The number of nitrogens with one attached hydrogen (secondary N) is 1. The fourth-order valence-corrected chi connectivity index (χ4v) is 1.81. The summed E-state index contributed by atoms with van der Waals surface area (Å²) in [4.78, 5) is 0. The lowest BCUT2D eigenvalue weighted by atomic mass is 10.00. The summed E-state index contributed by atoms with van der Waals surface area (Å²) in [6.07, 6.45) is 0. The van der Waals surface area contributed by atoms with Crippen LogP contribution in [0.3, 0.4) is 0 Å². The molecule has 0 amide bonds. The van der Waals surface area contributed by atoms with E-state index in [0.717, 1.165) is 30.2 Å². The van der Waals surface area contributed by atoms with E-state index in [0.29, 0.717) is 6.61 Å². The van der Waals surface area contributed by atoms with Crippen LogP contribution in [0.2, 0.25) is 0 Å². The van der Waals surface area contributed by atoms with Crippen LogP contribution in [0.15, 0.2) is 18.2 Å². The van der Waals surface area contributed by atoms with Gasteiger partial charge in [0.2, 0.25) is 0 Å². The number of rotatable bonds is 4. The van der Waals surface area contributed by atoms with Crippen LogP contribution in [-0.4, -0.2) is 25.3 Å². The summed E-state index contributed by atoms with van der Waals surface area (Å²) in [6, 6.07) is 5.97. The van der Waals surface area contributed by atoms with Crippen LogP contribution in [-0.2, 0) is 0 Å². The SMILES string of the molecule is CCOc1ccc(OC2(C)CNC2)c(C)c1. The van der Waals surface area contributed by atoms with Crippen molar-refractivity contribution in [3.05, 3.63) is 23.8 Å². The molecule has 0 saturated carbocycles. The van der Waals surface area contributed by atoms with Gasteiger partial charge in [0.25, 0.3) is 0 Å². The summed E-state index contributed by atoms with van der Waals surface area (Å²) < 4.78 is 11.4. The summed E-state index contributed by atoms with van der Waals surface area (Å²) >= 11 is 0. The molecule has 1 saturated heterocycles. The van der Waals surface area contributed by atoms with Gasteiger partial charge >= 0.3 is 0 Å². The topological polar surface area (TPSA) is 30.5 Å². The molecule has 88 valence electrons. The van der Waals surface area contributed by atoms with Crippen molar-refractivity contribution >= 4 is 0 Å². The first kappa shape index (κ1) is 11.3. The van der Waals surface area contributed by atoms with E-state index in [2.05, 4.69) is 12.2 Å². The van der Waals surface area contributed by atoms with Gasteiger partial charge in [-0.05, 0) is 44.5 Å². The molecular weight excluding hydrogens is 202 g/mol. The lowest BCUT2D eigenvalue weighted by molar-refractivity contribution is 0.0341. The number of benzene rings is 1. The van der Waals surface area contributed by atoms with E-state index in [-0.39, 0.29) is 5.60 Å². The lowest BCUT2D eigenvalue weighted by Gasteiger charge is -2.39. The van der Waals surface area contributed by atoms with Crippen LogP contribution in [0.4, 0.5) is 0 Å². The standard InChI is InChI=1S/C13H19NO2/c1-4-15-11-5-6-12(10(2)7-11)16-13(3)8-14-9-13/h5-7,14H,4,8-9H2,1-3H3. The van der Waals surface area contributed by atoms with Crippen LogP contribution in [0.5, 0.6) is 11.5 Å². The van der Waals surface area contributed by atoms with Gasteiger partial charge in [-0.2, -0.15) is 0 Å². The molecule has 0 unspecified atom stereocenters. The Morgan fingerprint density at radius 2 is 2.12 bits per heavy atom. The van der Waals surface area contributed by atoms with Crippen molar-refractivity contribution in [1.29, 1.82) is 0 Å². The molecule has 1 fully saturated rings. The molecule has 0 bridgehead atoms. The van der Waals surface area contributed by atoms with Gasteiger partial charge in [-0.25, -0.2) is 0 Å². The molecule has 1 aliphatic rings. The quantitative estimate of drug-likeness (QED) is 0.845. The molecule has 16 heavy (non-hydrogen) atoms. The summed E-state index contributed by atoms with van der Waals surface area (Å²) in [6.45, 7) is 8.69. The molecule has 3 heteroatoms. The molecule has 1 N–H and O–H groups in total. The van der Waals surface area contributed by atoms with Gasteiger partial charge in [-0.15, -0.1) is 0 Å². The summed E-state index contributed by atoms with van der Waals surface area (Å²) in [5.41, 5.74) is 1.08. The van der Waals surface area contributed by atoms with Crippen molar-refractivity contribution in [3.8, 4) is 11.5 Å². The van der Waals surface area contributed by atoms with Crippen molar-refractivity contribution in [2.24, 2.45) is 0 Å². The predicted octanol–water partition coefficient (Wildman–Crippen LogP) is 2.13. The summed E-state index contributed by atoms with van der Waals surface area (Å²) in [7, 11) is 0. The third-order valence-electron chi connectivity index (χ3n) is 2.81. The Morgan fingerprint density at radius 1 is 1.38 bits per heavy atom. The Morgan fingerprint density at radius 3 is 2.62 bits per heavy atom. The van der Waals surface area contributed by atoms with Crippen molar-refractivity contribution in [2.75, 3.05) is 19.7 Å². The van der Waals surface area contributed by atoms with Gasteiger partial charge in [-0.3, -0.25) is 0 Å². The maximum atomic E-state index is 5.98. The minimum absolute atomic E-state index is 0.0438. The molecule has 0 radical (unpaired) electrons. The zero-order chi connectivity index (χ0) is 11.6. The molecule has 0 spiro atoms. The Balaban J connectivity index is 2.09. The van der Waals surface area contributed by atoms with Crippen molar-refractivity contribution in [3.63, 3.8) is 0 Å². The Hall–Kier alpha value is -1.22. The number of aryl methyl sites for hydroxylation is 1. The zero-order valence-electron chi connectivity index (χ0n) is 10.2. The number of ether oxygens (including phenoxy) is 2. The van der Waals surface area contributed by atoms with Crippen molar-refractivity contribution < 1.29 is 9.47 Å². The average molecular weight is 221 g/mol. The summed E-state index contributed by atoms with van der Waals surface area (Å²) in [5, 5.41) is 3.22. The van der Waals surface area contributed by atoms with Crippen LogP contribution in [0.1, 0.15) is 19.4 Å². The molecule has 1 aromatic rings. The monoisotopic (exact) mass is 221 g/mol. The Labute approximate surface area is 96.8 Å². The van der Waals surface area contributed by atoms with Gasteiger partial charge in [0.15, 0.2) is 0 Å². The first-order chi connectivity index (χ1) is 7.63. The van der Waals surface area contributed by atoms with Gasteiger partial charge in [0, 0.05) is 13.1 Å². The average Bonchev–Trinajstić information content (AvgIpc) is 2.20. The molecule has 1 heterocycles. The van der Waals surface area contributed by atoms with Gasteiger partial charge in [0.05, 0.1) is 6.61 Å². The molecule has 0 aromatic heterocycles. The highest BCUT2D eigenvalue weighted by atomic mass is 16.5. The van der Waals surface area contributed by atoms with E-state index >= 15 is 0 Å². The third kappa shape index (κ3) is 2.30. The van der Waals surface area contributed by atoms with E-state index in [1.807, 2.05) is 32.0 Å². The molecular formula is C13H19NO2. The largest absolute Gasteiger partial charge is 0.494 e. The molecule has 1 aliphatic heterocycles. The first-order valence-electron chi connectivity index (χ1n) is 5.76. The minimum Gasteiger partial charge on any atom is -0.494 e. The molecule has 0 atom stereocenters. The first-order valence-corrected chi connectivity index (χ1v) is 5.76. The summed E-state index contributed by atoms with van der Waals surface area (Å²) in [5.74, 6) is 1.86. The van der Waals surface area contributed by atoms with Crippen LogP contribution in [0, 0.1) is 6.92 Å². The smallest absolute Gasteiger partial charge is 0.131 e. The van der Waals surface area contributed by atoms with Gasteiger partial charge in [0.1, 0.15) is 17.1 Å². The second kappa shape index (κ2) is 4.34. The zero-order valence-corrected chi connectivity index (χ0v) is 10.2. The second-order valence-electron chi connectivity index (χ2n) is 4.52. The molecule has 0 aliphatic carbocycles. The van der Waals surface area contributed by atoms with E-state index in [1.54, 1.807) is 0 Å². The predicted molar refractivity (Wildman–Crippen MR) is 64.3 cm³/mol. The number of hydrogen-bond donors (Lipinski definition) is 1. The highest BCUT2D eigenvalue weighted by Crippen LogP contribution is 2.28. The fourth-order valence-electron chi connectivity index (χ4n) is 1.81. The van der Waals surface area contributed by atoms with Crippen LogP contribution < -0.4 is 14.8 Å². The highest BCUT2D eigenvalue weighted by molar-refractivity contribution is 5.39. The Kier molecular flexibility index (Phi) is 3.06. The maximum Gasteiger partial charge on any atom is 0.131 e. The van der Waals surface area contributed by atoms with E-state index in [9.17, 15) is 0 Å². The van der Waals surface area contributed by atoms with E-state index < -0.39 is 0 Å². The lowest BCUT2D eigenvalue weighted by Crippen LogP contribution is -2.61. The number of hydrogen-bond acceptors (Lipinski definition) is 3. The maximum absolute atomic E-state index is 5.98. The van der Waals surface area contributed by atoms with Crippen molar-refractivity contribution in [1.82, 2.24) is 5.32 Å². The molecule has 2 rings (SSSR count). The highest BCUT2D eigenvalue weighted by Gasteiger charge is 2.34. The normalized spacial score (nSPS) is 17.7. The van der Waals surface area contributed by atoms with Crippen LogP contribution >= 0.6 is 0 Å². The Bertz CT molecular complexity index is 372. The van der Waals surface area contributed by atoms with Gasteiger partial charge < -0.3 is 14.8 Å². The molecule has 3 nitrogen and oxygen atoms in total. The minimum atomic E-state index is -0.0438.